The Balaban J connectivity index is 1.93. The van der Waals surface area contributed by atoms with Crippen LogP contribution >= 0.6 is 12.2 Å². The molecule has 1 saturated heterocycles. The van der Waals surface area contributed by atoms with E-state index in [0.717, 1.165) is 37.5 Å². The minimum atomic E-state index is 0.233. The third-order valence-electron chi connectivity index (χ3n) is 3.11. The molecule has 96 valence electrons. The molecule has 1 atom stereocenters. The molecule has 1 aliphatic heterocycles. The van der Waals surface area contributed by atoms with Gasteiger partial charge in [0.15, 0.2) is 10.6 Å². The van der Waals surface area contributed by atoms with Crippen LogP contribution in [0.3, 0.4) is 0 Å². The molecule has 0 aliphatic carbocycles. The van der Waals surface area contributed by atoms with Gasteiger partial charge in [0.1, 0.15) is 5.69 Å². The van der Waals surface area contributed by atoms with Crippen molar-refractivity contribution < 1.29 is 4.74 Å². The van der Waals surface area contributed by atoms with Crippen molar-refractivity contribution in [1.29, 1.82) is 0 Å². The number of ether oxygens (including phenoxy) is 1. The normalized spacial score (nSPS) is 19.5. The number of hydrogen-bond acceptors (Lipinski definition) is 4. The molecule has 1 unspecified atom stereocenters. The average molecular weight is 265 g/mol. The van der Waals surface area contributed by atoms with Crippen molar-refractivity contribution in [3.8, 4) is 11.5 Å². The molecular weight excluding hydrogens is 250 g/mol. The standard InChI is InChI=1S/C11H15N5OS/c1-15-5-4-9(14-15)10-12-13-11(18)16(10)7-8-3-2-6-17-8/h4-5,8H,2-3,6-7H2,1H3,(H,13,18). The Kier molecular flexibility index (Phi) is 3.00. The molecule has 7 heteroatoms. The molecule has 2 aromatic heterocycles. The summed E-state index contributed by atoms with van der Waals surface area (Å²) in [5.74, 6) is 0.774. The Hall–Kier alpha value is -1.47. The van der Waals surface area contributed by atoms with Crippen LogP contribution in [-0.2, 0) is 18.3 Å². The van der Waals surface area contributed by atoms with Gasteiger partial charge in [-0.25, -0.2) is 0 Å². The van der Waals surface area contributed by atoms with Crippen molar-refractivity contribution >= 4 is 12.2 Å². The fourth-order valence-electron chi connectivity index (χ4n) is 2.21. The fourth-order valence-corrected chi connectivity index (χ4v) is 2.42. The zero-order valence-corrected chi connectivity index (χ0v) is 11.0. The average Bonchev–Trinajstić information content (AvgIpc) is 3.04. The number of aromatic amines is 1. The Morgan fingerprint density at radius 3 is 3.17 bits per heavy atom. The van der Waals surface area contributed by atoms with Gasteiger partial charge in [-0.3, -0.25) is 14.3 Å². The Morgan fingerprint density at radius 1 is 1.61 bits per heavy atom. The zero-order chi connectivity index (χ0) is 12.5. The molecule has 1 N–H and O–H groups in total. The van der Waals surface area contributed by atoms with Gasteiger partial charge in [0.2, 0.25) is 0 Å². The molecule has 0 spiro atoms. The van der Waals surface area contributed by atoms with Crippen molar-refractivity contribution in [2.75, 3.05) is 6.61 Å². The molecule has 0 aromatic carbocycles. The van der Waals surface area contributed by atoms with Crippen LogP contribution in [0.5, 0.6) is 0 Å². The topological polar surface area (TPSA) is 60.7 Å². The van der Waals surface area contributed by atoms with E-state index in [9.17, 15) is 0 Å². The van der Waals surface area contributed by atoms with Gasteiger partial charge >= 0.3 is 0 Å². The smallest absolute Gasteiger partial charge is 0.195 e. The van der Waals surface area contributed by atoms with E-state index in [4.69, 9.17) is 17.0 Å². The summed E-state index contributed by atoms with van der Waals surface area (Å²) in [6, 6.07) is 1.93. The van der Waals surface area contributed by atoms with Crippen LogP contribution in [0.4, 0.5) is 0 Å². The first-order chi connectivity index (χ1) is 8.74. The molecule has 0 radical (unpaired) electrons. The van der Waals surface area contributed by atoms with E-state index in [1.807, 2.05) is 23.9 Å². The van der Waals surface area contributed by atoms with Crippen molar-refractivity contribution in [3.63, 3.8) is 0 Å². The molecule has 3 heterocycles. The Bertz CT molecular complexity index is 593. The maximum atomic E-state index is 5.64. The van der Waals surface area contributed by atoms with Crippen LogP contribution < -0.4 is 0 Å². The lowest BCUT2D eigenvalue weighted by molar-refractivity contribution is 0.0969. The lowest BCUT2D eigenvalue weighted by Crippen LogP contribution is -2.16. The number of aromatic nitrogens is 5. The SMILES string of the molecule is Cn1ccc(-c2n[nH]c(=S)n2CC2CCCO2)n1. The van der Waals surface area contributed by atoms with Gasteiger partial charge in [-0.2, -0.15) is 10.2 Å². The predicted molar refractivity (Wildman–Crippen MR) is 68.6 cm³/mol. The third-order valence-corrected chi connectivity index (χ3v) is 3.42. The first kappa shape index (κ1) is 11.6. The fraction of sp³-hybridized carbons (Fsp3) is 0.545. The van der Waals surface area contributed by atoms with Gasteiger partial charge < -0.3 is 4.74 Å². The summed E-state index contributed by atoms with van der Waals surface area (Å²) in [7, 11) is 1.88. The molecule has 1 fully saturated rings. The van der Waals surface area contributed by atoms with E-state index in [0.29, 0.717) is 4.77 Å². The molecule has 1 aliphatic rings. The number of nitrogens with one attached hydrogen (secondary N) is 1. The number of rotatable bonds is 3. The Labute approximate surface area is 110 Å². The van der Waals surface area contributed by atoms with Crippen LogP contribution in [0.2, 0.25) is 0 Å². The monoisotopic (exact) mass is 265 g/mol. The second kappa shape index (κ2) is 4.66. The highest BCUT2D eigenvalue weighted by molar-refractivity contribution is 7.71. The zero-order valence-electron chi connectivity index (χ0n) is 10.2. The highest BCUT2D eigenvalue weighted by Gasteiger charge is 2.19. The number of nitrogens with zero attached hydrogens (tertiary/aromatic N) is 4. The van der Waals surface area contributed by atoms with Crippen LogP contribution in [0, 0.1) is 4.77 Å². The van der Waals surface area contributed by atoms with E-state index in [-0.39, 0.29) is 6.10 Å². The first-order valence-corrected chi connectivity index (χ1v) is 6.41. The minimum absolute atomic E-state index is 0.233. The van der Waals surface area contributed by atoms with Crippen LogP contribution in [0.25, 0.3) is 11.5 Å². The second-order valence-corrected chi connectivity index (χ2v) is 4.86. The van der Waals surface area contributed by atoms with Crippen molar-refractivity contribution in [1.82, 2.24) is 24.5 Å². The molecule has 0 bridgehead atoms. The van der Waals surface area contributed by atoms with E-state index < -0.39 is 0 Å². The lowest BCUT2D eigenvalue weighted by Gasteiger charge is -2.11. The van der Waals surface area contributed by atoms with E-state index in [1.54, 1.807) is 4.68 Å². The highest BCUT2D eigenvalue weighted by atomic mass is 32.1. The lowest BCUT2D eigenvalue weighted by atomic mass is 10.2. The van der Waals surface area contributed by atoms with Gasteiger partial charge in [0.25, 0.3) is 0 Å². The summed E-state index contributed by atoms with van der Waals surface area (Å²) in [5, 5.41) is 11.4. The van der Waals surface area contributed by atoms with Crippen molar-refractivity contribution in [2.24, 2.45) is 7.05 Å². The summed E-state index contributed by atoms with van der Waals surface area (Å²) in [6.07, 6.45) is 4.32. The van der Waals surface area contributed by atoms with Gasteiger partial charge in [0, 0.05) is 19.9 Å². The van der Waals surface area contributed by atoms with Gasteiger partial charge in [-0.05, 0) is 31.1 Å². The van der Waals surface area contributed by atoms with Crippen LogP contribution in [0.15, 0.2) is 12.3 Å². The second-order valence-electron chi connectivity index (χ2n) is 4.47. The number of aryl methyl sites for hydroxylation is 1. The van der Waals surface area contributed by atoms with Crippen molar-refractivity contribution in [2.45, 2.75) is 25.5 Å². The van der Waals surface area contributed by atoms with Crippen LogP contribution in [-0.4, -0.2) is 37.3 Å². The summed E-state index contributed by atoms with van der Waals surface area (Å²) in [4.78, 5) is 0. The molecule has 18 heavy (non-hydrogen) atoms. The molecule has 3 rings (SSSR count). The third kappa shape index (κ3) is 2.11. The molecule has 2 aromatic rings. The van der Waals surface area contributed by atoms with E-state index >= 15 is 0 Å². The summed E-state index contributed by atoms with van der Waals surface area (Å²) >= 11 is 5.27. The summed E-state index contributed by atoms with van der Waals surface area (Å²) in [6.45, 7) is 1.58. The first-order valence-electron chi connectivity index (χ1n) is 6.01. The summed E-state index contributed by atoms with van der Waals surface area (Å²) < 4.78 is 9.98. The Morgan fingerprint density at radius 2 is 2.50 bits per heavy atom. The molecule has 0 amide bonds. The number of H-pyrrole nitrogens is 1. The summed E-state index contributed by atoms with van der Waals surface area (Å²) in [5.41, 5.74) is 0.822. The largest absolute Gasteiger partial charge is 0.376 e. The predicted octanol–water partition coefficient (Wildman–Crippen LogP) is 1.52. The van der Waals surface area contributed by atoms with Gasteiger partial charge in [-0.15, -0.1) is 0 Å². The molecule has 0 saturated carbocycles. The van der Waals surface area contributed by atoms with Crippen molar-refractivity contribution in [3.05, 3.63) is 17.0 Å². The quantitative estimate of drug-likeness (QED) is 0.855. The maximum absolute atomic E-state index is 5.64. The van der Waals surface area contributed by atoms with E-state index in [2.05, 4.69) is 15.3 Å². The van der Waals surface area contributed by atoms with Gasteiger partial charge in [-0.1, -0.05) is 0 Å². The van der Waals surface area contributed by atoms with Gasteiger partial charge in [0.05, 0.1) is 12.6 Å². The molecule has 6 nitrogen and oxygen atoms in total. The highest BCUT2D eigenvalue weighted by Crippen LogP contribution is 2.19. The van der Waals surface area contributed by atoms with Crippen LogP contribution in [0.1, 0.15) is 12.8 Å². The molecular formula is C11H15N5OS. The number of hydrogen-bond donors (Lipinski definition) is 1. The maximum Gasteiger partial charge on any atom is 0.195 e. The van der Waals surface area contributed by atoms with E-state index in [1.165, 1.54) is 0 Å². The minimum Gasteiger partial charge on any atom is -0.376 e.